The highest BCUT2D eigenvalue weighted by Gasteiger charge is 2.37. The SMILES string of the molecule is COc1ccc(-c2csc(N3C(=O)CN(c4ccccc4OC)C3=S)n2)cc1. The van der Waals surface area contributed by atoms with Crippen molar-refractivity contribution < 1.29 is 14.3 Å². The zero-order valence-corrected chi connectivity index (χ0v) is 16.9. The molecule has 28 heavy (non-hydrogen) atoms. The highest BCUT2D eigenvalue weighted by molar-refractivity contribution is 7.81. The summed E-state index contributed by atoms with van der Waals surface area (Å²) in [5.74, 6) is 1.33. The van der Waals surface area contributed by atoms with Crippen molar-refractivity contribution in [3.05, 3.63) is 53.9 Å². The molecule has 1 fully saturated rings. The number of hydrogen-bond donors (Lipinski definition) is 0. The Morgan fingerprint density at radius 1 is 1.07 bits per heavy atom. The van der Waals surface area contributed by atoms with Gasteiger partial charge in [-0.1, -0.05) is 12.1 Å². The highest BCUT2D eigenvalue weighted by Crippen LogP contribution is 2.35. The van der Waals surface area contributed by atoms with Gasteiger partial charge in [0.05, 0.1) is 25.6 Å². The van der Waals surface area contributed by atoms with E-state index in [4.69, 9.17) is 21.7 Å². The summed E-state index contributed by atoms with van der Waals surface area (Å²) in [6.45, 7) is 0.149. The van der Waals surface area contributed by atoms with Crippen LogP contribution in [0.15, 0.2) is 53.9 Å². The molecule has 1 aliphatic heterocycles. The molecular formula is C20H17N3O3S2. The van der Waals surface area contributed by atoms with Crippen LogP contribution in [0.2, 0.25) is 0 Å². The van der Waals surface area contributed by atoms with Crippen LogP contribution in [-0.2, 0) is 4.79 Å². The van der Waals surface area contributed by atoms with Crippen LogP contribution in [0.1, 0.15) is 0 Å². The molecule has 0 spiro atoms. The molecule has 0 unspecified atom stereocenters. The fourth-order valence-electron chi connectivity index (χ4n) is 2.99. The number of thiocarbonyl (C=S) groups is 1. The van der Waals surface area contributed by atoms with Gasteiger partial charge in [0.1, 0.15) is 18.0 Å². The Hall–Kier alpha value is -2.97. The average molecular weight is 412 g/mol. The number of amides is 1. The van der Waals surface area contributed by atoms with E-state index in [0.29, 0.717) is 16.0 Å². The zero-order chi connectivity index (χ0) is 19.7. The van der Waals surface area contributed by atoms with Crippen molar-refractivity contribution in [3.63, 3.8) is 0 Å². The molecular weight excluding hydrogens is 394 g/mol. The van der Waals surface area contributed by atoms with E-state index in [2.05, 4.69) is 4.98 Å². The largest absolute Gasteiger partial charge is 0.497 e. The van der Waals surface area contributed by atoms with Crippen LogP contribution in [-0.4, -0.2) is 36.8 Å². The molecule has 1 saturated heterocycles. The van der Waals surface area contributed by atoms with Crippen molar-refractivity contribution in [3.8, 4) is 22.8 Å². The first-order valence-corrected chi connectivity index (χ1v) is 9.78. The molecule has 0 N–H and O–H groups in total. The number of aromatic nitrogens is 1. The van der Waals surface area contributed by atoms with Crippen molar-refractivity contribution in [2.45, 2.75) is 0 Å². The first kappa shape index (κ1) is 18.4. The van der Waals surface area contributed by atoms with Gasteiger partial charge in [-0.15, -0.1) is 11.3 Å². The standard InChI is InChI=1S/C20H17N3O3S2/c1-25-14-9-7-13(8-10-14)15-12-28-19(21-15)23-18(24)11-22(20(23)27)16-5-3-4-6-17(16)26-2/h3-10,12H,11H2,1-2H3. The predicted octanol–water partition coefficient (Wildman–Crippen LogP) is 3.97. The van der Waals surface area contributed by atoms with Crippen LogP contribution in [0.4, 0.5) is 10.8 Å². The van der Waals surface area contributed by atoms with Gasteiger partial charge < -0.3 is 14.4 Å². The van der Waals surface area contributed by atoms with Crippen LogP contribution in [0.3, 0.4) is 0 Å². The molecule has 4 rings (SSSR count). The van der Waals surface area contributed by atoms with Gasteiger partial charge in [-0.3, -0.25) is 4.79 Å². The van der Waals surface area contributed by atoms with Gasteiger partial charge >= 0.3 is 0 Å². The lowest BCUT2D eigenvalue weighted by Crippen LogP contribution is -2.32. The van der Waals surface area contributed by atoms with Crippen molar-refractivity contribution in [1.82, 2.24) is 4.98 Å². The van der Waals surface area contributed by atoms with Crippen LogP contribution < -0.4 is 19.3 Å². The van der Waals surface area contributed by atoms with Crippen molar-refractivity contribution in [2.24, 2.45) is 0 Å². The van der Waals surface area contributed by atoms with Crippen LogP contribution in [0.25, 0.3) is 11.3 Å². The molecule has 6 nitrogen and oxygen atoms in total. The molecule has 3 aromatic rings. The summed E-state index contributed by atoms with van der Waals surface area (Å²) in [5.41, 5.74) is 2.49. The van der Waals surface area contributed by atoms with Gasteiger partial charge in [0, 0.05) is 10.9 Å². The summed E-state index contributed by atoms with van der Waals surface area (Å²) in [6, 6.07) is 15.1. The van der Waals surface area contributed by atoms with Crippen molar-refractivity contribution in [2.75, 3.05) is 30.6 Å². The summed E-state index contributed by atoms with van der Waals surface area (Å²) in [5, 5.41) is 2.86. The summed E-state index contributed by atoms with van der Waals surface area (Å²) in [4.78, 5) is 20.6. The second-order valence-electron chi connectivity index (χ2n) is 6.01. The second-order valence-corrected chi connectivity index (χ2v) is 7.22. The molecule has 2 aromatic carbocycles. The Kier molecular flexibility index (Phi) is 4.97. The summed E-state index contributed by atoms with van der Waals surface area (Å²) in [7, 11) is 3.23. The van der Waals surface area contributed by atoms with E-state index in [-0.39, 0.29) is 12.5 Å². The average Bonchev–Trinajstić information content (AvgIpc) is 3.32. The third-order valence-electron chi connectivity index (χ3n) is 4.41. The Balaban J connectivity index is 1.62. The molecule has 8 heteroatoms. The summed E-state index contributed by atoms with van der Waals surface area (Å²) < 4.78 is 10.6. The van der Waals surface area contributed by atoms with Gasteiger partial charge in [-0.2, -0.15) is 0 Å². The second kappa shape index (κ2) is 7.57. The molecule has 0 radical (unpaired) electrons. The fraction of sp³-hybridized carbons (Fsp3) is 0.150. The lowest BCUT2D eigenvalue weighted by atomic mass is 10.2. The molecule has 0 atom stereocenters. The first-order chi connectivity index (χ1) is 13.6. The van der Waals surface area contributed by atoms with Gasteiger partial charge in [0.2, 0.25) is 0 Å². The van der Waals surface area contributed by atoms with E-state index in [0.717, 1.165) is 22.7 Å². The number of thiazole rings is 1. The fourth-order valence-corrected chi connectivity index (χ4v) is 4.25. The Morgan fingerprint density at radius 2 is 1.82 bits per heavy atom. The maximum absolute atomic E-state index is 12.7. The monoisotopic (exact) mass is 411 g/mol. The molecule has 2 heterocycles. The topological polar surface area (TPSA) is 54.9 Å². The lowest BCUT2D eigenvalue weighted by molar-refractivity contribution is -0.115. The van der Waals surface area contributed by atoms with Crippen LogP contribution in [0, 0.1) is 0 Å². The molecule has 0 saturated carbocycles. The molecule has 0 aliphatic carbocycles. The molecule has 0 bridgehead atoms. The van der Waals surface area contributed by atoms with Gasteiger partial charge in [0.15, 0.2) is 10.2 Å². The number of benzene rings is 2. The van der Waals surface area contributed by atoms with E-state index in [1.807, 2.05) is 53.9 Å². The number of anilines is 2. The number of hydrogen-bond acceptors (Lipinski definition) is 6. The Morgan fingerprint density at radius 3 is 2.54 bits per heavy atom. The number of carbonyl (C=O) groups excluding carboxylic acids is 1. The minimum Gasteiger partial charge on any atom is -0.497 e. The highest BCUT2D eigenvalue weighted by atomic mass is 32.1. The third kappa shape index (κ3) is 3.21. The molecule has 1 aliphatic rings. The number of ether oxygens (including phenoxy) is 2. The summed E-state index contributed by atoms with van der Waals surface area (Å²) in [6.07, 6.45) is 0. The number of carbonyl (C=O) groups is 1. The maximum Gasteiger partial charge on any atom is 0.255 e. The number of nitrogens with zero attached hydrogens (tertiary/aromatic N) is 3. The molecule has 1 aromatic heterocycles. The normalized spacial score (nSPS) is 13.9. The van der Waals surface area contributed by atoms with E-state index < -0.39 is 0 Å². The van der Waals surface area contributed by atoms with Gasteiger partial charge in [-0.05, 0) is 48.6 Å². The first-order valence-electron chi connectivity index (χ1n) is 8.50. The van der Waals surface area contributed by atoms with E-state index in [1.165, 1.54) is 16.2 Å². The Labute approximate surface area is 171 Å². The van der Waals surface area contributed by atoms with Crippen molar-refractivity contribution in [1.29, 1.82) is 0 Å². The minimum absolute atomic E-state index is 0.119. The lowest BCUT2D eigenvalue weighted by Gasteiger charge is -2.20. The zero-order valence-electron chi connectivity index (χ0n) is 15.3. The number of methoxy groups -OCH3 is 2. The smallest absolute Gasteiger partial charge is 0.255 e. The predicted molar refractivity (Wildman–Crippen MR) is 115 cm³/mol. The van der Waals surface area contributed by atoms with Gasteiger partial charge in [-0.25, -0.2) is 9.88 Å². The number of para-hydroxylation sites is 2. The van der Waals surface area contributed by atoms with Crippen LogP contribution >= 0.6 is 23.6 Å². The van der Waals surface area contributed by atoms with Crippen LogP contribution in [0.5, 0.6) is 11.5 Å². The minimum atomic E-state index is -0.119. The molecule has 1 amide bonds. The van der Waals surface area contributed by atoms with Crippen molar-refractivity contribution >= 4 is 45.4 Å². The summed E-state index contributed by atoms with van der Waals surface area (Å²) >= 11 is 6.98. The van der Waals surface area contributed by atoms with Gasteiger partial charge in [0.25, 0.3) is 5.91 Å². The molecule has 142 valence electrons. The number of rotatable bonds is 5. The van der Waals surface area contributed by atoms with E-state index in [1.54, 1.807) is 19.1 Å². The maximum atomic E-state index is 12.7. The Bertz CT molecular complexity index is 1030. The van der Waals surface area contributed by atoms with E-state index in [9.17, 15) is 4.79 Å². The van der Waals surface area contributed by atoms with E-state index >= 15 is 0 Å². The quantitative estimate of drug-likeness (QED) is 0.593. The third-order valence-corrected chi connectivity index (χ3v) is 5.64.